The molecule has 1 aromatic carbocycles. The summed E-state index contributed by atoms with van der Waals surface area (Å²) in [6.07, 6.45) is 1.45. The van der Waals surface area contributed by atoms with Crippen molar-refractivity contribution in [1.82, 2.24) is 4.98 Å². The lowest BCUT2D eigenvalue weighted by atomic mass is 10.2. The number of carbonyl (C=O) groups is 1. The van der Waals surface area contributed by atoms with Gasteiger partial charge in [-0.1, -0.05) is 15.9 Å². The molecule has 1 amide bonds. The lowest BCUT2D eigenvalue weighted by Crippen LogP contribution is -2.14. The van der Waals surface area contributed by atoms with Gasteiger partial charge in [0.25, 0.3) is 5.91 Å². The first-order valence-electron chi connectivity index (χ1n) is 5.45. The number of hydrogen-bond acceptors (Lipinski definition) is 3. The molecule has 6 heteroatoms. The summed E-state index contributed by atoms with van der Waals surface area (Å²) < 4.78 is 13.7. The number of nitrogens with one attached hydrogen (secondary N) is 1. The molecule has 0 aliphatic carbocycles. The maximum Gasteiger partial charge on any atom is 0.256 e. The van der Waals surface area contributed by atoms with Crippen LogP contribution in [0.25, 0.3) is 0 Å². The predicted molar refractivity (Wildman–Crippen MR) is 75.4 cm³/mol. The minimum absolute atomic E-state index is 0.213. The Bertz CT molecular complexity index is 626. The number of benzene rings is 1. The van der Waals surface area contributed by atoms with E-state index < -0.39 is 11.7 Å². The second-order valence-electron chi connectivity index (χ2n) is 4.05. The Morgan fingerprint density at radius 2 is 2.11 bits per heavy atom. The van der Waals surface area contributed by atoms with E-state index in [1.165, 1.54) is 18.3 Å². The number of hydrogen-bond donors (Lipinski definition) is 2. The summed E-state index contributed by atoms with van der Waals surface area (Å²) in [6.45, 7) is 1.78. The fourth-order valence-electron chi connectivity index (χ4n) is 1.59. The van der Waals surface area contributed by atoms with Gasteiger partial charge in [-0.2, -0.15) is 0 Å². The van der Waals surface area contributed by atoms with Gasteiger partial charge in [-0.25, -0.2) is 9.37 Å². The average molecular weight is 324 g/mol. The molecule has 0 unspecified atom stereocenters. The number of aryl methyl sites for hydroxylation is 1. The van der Waals surface area contributed by atoms with Crippen LogP contribution in [0, 0.1) is 12.7 Å². The molecule has 1 aromatic heterocycles. The van der Waals surface area contributed by atoms with Crippen LogP contribution in [0.5, 0.6) is 0 Å². The molecule has 0 fully saturated rings. The molecule has 2 aromatic rings. The first-order chi connectivity index (χ1) is 8.95. The highest BCUT2D eigenvalue weighted by atomic mass is 79.9. The molecular formula is C13H11BrFN3O. The maximum atomic E-state index is 13.2. The van der Waals surface area contributed by atoms with Crippen LogP contribution in [-0.2, 0) is 0 Å². The second-order valence-corrected chi connectivity index (χ2v) is 4.96. The van der Waals surface area contributed by atoms with Crippen LogP contribution < -0.4 is 11.1 Å². The molecule has 3 N–H and O–H groups in total. The lowest BCUT2D eigenvalue weighted by Gasteiger charge is -2.08. The van der Waals surface area contributed by atoms with Crippen molar-refractivity contribution in [1.29, 1.82) is 0 Å². The van der Waals surface area contributed by atoms with E-state index in [1.54, 1.807) is 13.0 Å². The van der Waals surface area contributed by atoms with Crippen LogP contribution in [0.15, 0.2) is 34.9 Å². The molecule has 0 atom stereocenters. The number of amides is 1. The molecule has 0 saturated heterocycles. The van der Waals surface area contributed by atoms with Crippen LogP contribution in [0.1, 0.15) is 15.9 Å². The molecule has 98 valence electrons. The van der Waals surface area contributed by atoms with Crippen LogP contribution in [0.2, 0.25) is 0 Å². The predicted octanol–water partition coefficient (Wildman–Crippen LogP) is 3.13. The standard InChI is InChI=1S/C13H11BrFN3O/c1-7-2-11(16)6-17-12(7)18-13(19)8-3-9(14)5-10(15)4-8/h2-6H,16H2,1H3,(H,17,18,19). The maximum absolute atomic E-state index is 13.2. The van der Waals surface area contributed by atoms with Crippen LogP contribution in [-0.4, -0.2) is 10.9 Å². The first-order valence-corrected chi connectivity index (χ1v) is 6.24. The van der Waals surface area contributed by atoms with E-state index in [4.69, 9.17) is 5.73 Å². The number of carbonyl (C=O) groups excluding carboxylic acids is 1. The number of halogens is 2. The molecule has 0 saturated carbocycles. The second kappa shape index (κ2) is 5.36. The third-order valence-electron chi connectivity index (χ3n) is 2.46. The Morgan fingerprint density at radius 1 is 1.37 bits per heavy atom. The van der Waals surface area contributed by atoms with E-state index in [9.17, 15) is 9.18 Å². The van der Waals surface area contributed by atoms with Gasteiger partial charge >= 0.3 is 0 Å². The normalized spacial score (nSPS) is 10.3. The van der Waals surface area contributed by atoms with Crippen molar-refractivity contribution in [3.8, 4) is 0 Å². The summed E-state index contributed by atoms with van der Waals surface area (Å²) in [7, 11) is 0. The Balaban J connectivity index is 2.25. The van der Waals surface area contributed by atoms with E-state index in [2.05, 4.69) is 26.2 Å². The number of pyridine rings is 1. The summed E-state index contributed by atoms with van der Waals surface area (Å²) in [5.74, 6) is -0.512. The SMILES string of the molecule is Cc1cc(N)cnc1NC(=O)c1cc(F)cc(Br)c1. The number of aromatic nitrogens is 1. The van der Waals surface area contributed by atoms with E-state index in [0.717, 1.165) is 11.6 Å². The van der Waals surface area contributed by atoms with Gasteiger partial charge < -0.3 is 11.1 Å². The molecule has 0 aliphatic heterocycles. The Labute approximate surface area is 118 Å². The number of nitrogens with two attached hydrogens (primary N) is 1. The highest BCUT2D eigenvalue weighted by Crippen LogP contribution is 2.18. The van der Waals surface area contributed by atoms with Crippen molar-refractivity contribution in [2.75, 3.05) is 11.1 Å². The van der Waals surface area contributed by atoms with Crippen molar-refractivity contribution in [3.63, 3.8) is 0 Å². The van der Waals surface area contributed by atoms with Crippen molar-refractivity contribution in [2.45, 2.75) is 6.92 Å². The van der Waals surface area contributed by atoms with Crippen LogP contribution in [0.3, 0.4) is 0 Å². The summed E-state index contributed by atoms with van der Waals surface area (Å²) >= 11 is 3.14. The largest absolute Gasteiger partial charge is 0.397 e. The van der Waals surface area contributed by atoms with Crippen molar-refractivity contribution in [3.05, 3.63) is 51.9 Å². The highest BCUT2D eigenvalue weighted by Gasteiger charge is 2.10. The molecule has 4 nitrogen and oxygen atoms in total. The average Bonchev–Trinajstić information content (AvgIpc) is 2.31. The van der Waals surface area contributed by atoms with Crippen molar-refractivity contribution >= 4 is 33.3 Å². The summed E-state index contributed by atoms with van der Waals surface area (Å²) in [4.78, 5) is 16.0. The minimum atomic E-state index is -0.485. The number of nitrogens with zero attached hydrogens (tertiary/aromatic N) is 1. The number of anilines is 2. The Kier molecular flexibility index (Phi) is 3.80. The molecule has 1 heterocycles. The van der Waals surface area contributed by atoms with E-state index >= 15 is 0 Å². The fourth-order valence-corrected chi connectivity index (χ4v) is 2.06. The molecule has 0 spiro atoms. The van der Waals surface area contributed by atoms with Gasteiger partial charge in [0.1, 0.15) is 11.6 Å². The van der Waals surface area contributed by atoms with Crippen LogP contribution >= 0.6 is 15.9 Å². The third kappa shape index (κ3) is 3.29. The molecule has 0 radical (unpaired) electrons. The molecule has 2 rings (SSSR count). The van der Waals surface area contributed by atoms with Gasteiger partial charge in [0.15, 0.2) is 0 Å². The number of rotatable bonds is 2. The first kappa shape index (κ1) is 13.5. The smallest absolute Gasteiger partial charge is 0.256 e. The van der Waals surface area contributed by atoms with E-state index in [0.29, 0.717) is 16.0 Å². The van der Waals surface area contributed by atoms with Gasteiger partial charge in [-0.3, -0.25) is 4.79 Å². The Hall–Kier alpha value is -1.95. The van der Waals surface area contributed by atoms with Gasteiger partial charge in [0.05, 0.1) is 11.9 Å². The minimum Gasteiger partial charge on any atom is -0.397 e. The van der Waals surface area contributed by atoms with Crippen molar-refractivity contribution < 1.29 is 9.18 Å². The number of nitrogen functional groups attached to an aromatic ring is 1. The zero-order valence-corrected chi connectivity index (χ0v) is 11.7. The third-order valence-corrected chi connectivity index (χ3v) is 2.91. The van der Waals surface area contributed by atoms with Gasteiger partial charge in [0, 0.05) is 10.0 Å². The summed E-state index contributed by atoms with van der Waals surface area (Å²) in [5, 5.41) is 2.62. The molecule has 0 bridgehead atoms. The lowest BCUT2D eigenvalue weighted by molar-refractivity contribution is 0.102. The zero-order chi connectivity index (χ0) is 14.0. The van der Waals surface area contributed by atoms with Gasteiger partial charge in [0.2, 0.25) is 0 Å². The topological polar surface area (TPSA) is 68.0 Å². The molecular weight excluding hydrogens is 313 g/mol. The van der Waals surface area contributed by atoms with Crippen molar-refractivity contribution in [2.24, 2.45) is 0 Å². The quantitative estimate of drug-likeness (QED) is 0.892. The fraction of sp³-hybridized carbons (Fsp3) is 0.0769. The summed E-state index contributed by atoms with van der Waals surface area (Å²) in [5.41, 5.74) is 7.05. The monoisotopic (exact) mass is 323 g/mol. The van der Waals surface area contributed by atoms with Gasteiger partial charge in [-0.15, -0.1) is 0 Å². The molecule has 0 aliphatic rings. The van der Waals surface area contributed by atoms with E-state index in [1.807, 2.05) is 0 Å². The van der Waals surface area contributed by atoms with Gasteiger partial charge in [-0.05, 0) is 36.8 Å². The Morgan fingerprint density at radius 3 is 2.74 bits per heavy atom. The zero-order valence-electron chi connectivity index (χ0n) is 10.1. The molecule has 19 heavy (non-hydrogen) atoms. The van der Waals surface area contributed by atoms with E-state index in [-0.39, 0.29) is 5.56 Å². The van der Waals surface area contributed by atoms with Crippen LogP contribution in [0.4, 0.5) is 15.9 Å². The summed E-state index contributed by atoms with van der Waals surface area (Å²) in [6, 6.07) is 5.67. The highest BCUT2D eigenvalue weighted by molar-refractivity contribution is 9.10.